The van der Waals surface area contributed by atoms with E-state index in [1.165, 1.54) is 0 Å². The van der Waals surface area contributed by atoms with E-state index in [2.05, 4.69) is 18.9 Å². The number of hydrogen-bond acceptors (Lipinski definition) is 4. The molecular weight excluding hydrogens is 272 g/mol. The first-order valence-corrected chi connectivity index (χ1v) is 7.13. The number of rotatable bonds is 9. The number of nitrogens with zero attached hydrogens (tertiary/aromatic N) is 1. The molecule has 112 valence electrons. The Hall–Kier alpha value is -1.17. The molecule has 0 spiro atoms. The molecule has 20 heavy (non-hydrogen) atoms. The molecule has 2 N–H and O–H groups in total. The second kappa shape index (κ2) is 8.89. The Morgan fingerprint density at radius 2 is 2.00 bits per heavy atom. The van der Waals surface area contributed by atoms with Crippen LogP contribution in [0, 0.1) is 0 Å². The van der Waals surface area contributed by atoms with Crippen LogP contribution in [-0.4, -0.2) is 49.8 Å². The maximum absolute atomic E-state index is 5.72. The van der Waals surface area contributed by atoms with E-state index in [1.54, 1.807) is 7.11 Å². The van der Waals surface area contributed by atoms with Crippen LogP contribution in [0.5, 0.6) is 5.75 Å². The lowest BCUT2D eigenvalue weighted by Crippen LogP contribution is -2.35. The smallest absolute Gasteiger partial charge is 0.119 e. The van der Waals surface area contributed by atoms with Crippen molar-refractivity contribution in [1.82, 2.24) is 4.90 Å². The van der Waals surface area contributed by atoms with Crippen molar-refractivity contribution in [2.75, 3.05) is 33.9 Å². The van der Waals surface area contributed by atoms with Gasteiger partial charge in [0.2, 0.25) is 0 Å². The van der Waals surface area contributed by atoms with E-state index in [4.69, 9.17) is 27.4 Å². The highest BCUT2D eigenvalue weighted by Gasteiger charge is 2.08. The molecule has 0 radical (unpaired) electrons. The summed E-state index contributed by atoms with van der Waals surface area (Å²) in [5.41, 5.74) is 6.62. The van der Waals surface area contributed by atoms with E-state index in [1.807, 2.05) is 24.3 Å². The zero-order chi connectivity index (χ0) is 15.0. The molecule has 0 amide bonds. The van der Waals surface area contributed by atoms with Crippen LogP contribution in [-0.2, 0) is 11.2 Å². The van der Waals surface area contributed by atoms with E-state index in [9.17, 15) is 0 Å². The number of nitrogens with two attached hydrogens (primary N) is 1. The summed E-state index contributed by atoms with van der Waals surface area (Å²) < 4.78 is 10.8. The predicted octanol–water partition coefficient (Wildman–Crippen LogP) is 1.86. The van der Waals surface area contributed by atoms with E-state index >= 15 is 0 Å². The molecule has 1 aromatic rings. The first-order valence-electron chi connectivity index (χ1n) is 6.72. The molecule has 1 atom stereocenters. The fourth-order valence-corrected chi connectivity index (χ4v) is 1.97. The zero-order valence-electron chi connectivity index (χ0n) is 12.5. The van der Waals surface area contributed by atoms with Crippen LogP contribution in [0.4, 0.5) is 0 Å². The number of thiocarbonyl (C=S) groups is 1. The highest BCUT2D eigenvalue weighted by Crippen LogP contribution is 2.12. The molecular formula is C15H24N2O2S. The van der Waals surface area contributed by atoms with Gasteiger partial charge in [0.15, 0.2) is 0 Å². The van der Waals surface area contributed by atoms with Crippen LogP contribution in [0.15, 0.2) is 24.3 Å². The maximum Gasteiger partial charge on any atom is 0.119 e. The van der Waals surface area contributed by atoms with Gasteiger partial charge < -0.3 is 15.2 Å². The van der Waals surface area contributed by atoms with E-state index < -0.39 is 0 Å². The molecule has 5 heteroatoms. The topological polar surface area (TPSA) is 47.7 Å². The molecule has 4 nitrogen and oxygen atoms in total. The normalized spacial score (nSPS) is 12.4. The fourth-order valence-electron chi connectivity index (χ4n) is 1.80. The number of ether oxygens (including phenoxy) is 2. The molecule has 0 aliphatic rings. The van der Waals surface area contributed by atoms with Gasteiger partial charge in [-0.1, -0.05) is 24.4 Å². The summed E-state index contributed by atoms with van der Waals surface area (Å²) in [5, 5.41) is 0. The van der Waals surface area contributed by atoms with Gasteiger partial charge in [-0.15, -0.1) is 0 Å². The van der Waals surface area contributed by atoms with Crippen molar-refractivity contribution < 1.29 is 9.47 Å². The van der Waals surface area contributed by atoms with Gasteiger partial charge in [-0.25, -0.2) is 0 Å². The lowest BCUT2D eigenvalue weighted by molar-refractivity contribution is 0.105. The first kappa shape index (κ1) is 16.9. The van der Waals surface area contributed by atoms with Crippen LogP contribution in [0.3, 0.4) is 0 Å². The number of benzene rings is 1. The molecule has 0 saturated carbocycles. The van der Waals surface area contributed by atoms with E-state index in [0.29, 0.717) is 24.1 Å². The van der Waals surface area contributed by atoms with Crippen molar-refractivity contribution >= 4 is 17.2 Å². The quantitative estimate of drug-likeness (QED) is 0.705. The van der Waals surface area contributed by atoms with Gasteiger partial charge in [0, 0.05) is 26.1 Å². The Balaban J connectivity index is 2.33. The zero-order valence-corrected chi connectivity index (χ0v) is 13.3. The van der Waals surface area contributed by atoms with Crippen LogP contribution in [0.1, 0.15) is 12.5 Å². The van der Waals surface area contributed by atoms with Gasteiger partial charge in [0.1, 0.15) is 12.4 Å². The largest absolute Gasteiger partial charge is 0.492 e. The SMILES string of the molecule is COCC(C)N(C)CCOc1ccc(CC(N)=S)cc1. The highest BCUT2D eigenvalue weighted by atomic mass is 32.1. The van der Waals surface area contributed by atoms with Crippen molar-refractivity contribution in [2.45, 2.75) is 19.4 Å². The average Bonchev–Trinajstić information content (AvgIpc) is 2.40. The van der Waals surface area contributed by atoms with Crippen LogP contribution in [0.2, 0.25) is 0 Å². The van der Waals surface area contributed by atoms with Gasteiger partial charge in [0.05, 0.1) is 11.6 Å². The minimum atomic E-state index is 0.386. The molecule has 0 aliphatic carbocycles. The van der Waals surface area contributed by atoms with Crippen molar-refractivity contribution in [1.29, 1.82) is 0 Å². The lowest BCUT2D eigenvalue weighted by atomic mass is 10.1. The van der Waals surface area contributed by atoms with Crippen LogP contribution in [0.25, 0.3) is 0 Å². The average molecular weight is 296 g/mol. The summed E-state index contributed by atoms with van der Waals surface area (Å²) in [7, 11) is 3.79. The summed E-state index contributed by atoms with van der Waals surface area (Å²) >= 11 is 4.89. The van der Waals surface area contributed by atoms with Crippen LogP contribution < -0.4 is 10.5 Å². The maximum atomic E-state index is 5.72. The fraction of sp³-hybridized carbons (Fsp3) is 0.533. The third-order valence-electron chi connectivity index (χ3n) is 3.17. The van der Waals surface area contributed by atoms with Gasteiger partial charge >= 0.3 is 0 Å². The minimum Gasteiger partial charge on any atom is -0.492 e. The second-order valence-electron chi connectivity index (χ2n) is 4.92. The molecule has 0 aliphatic heterocycles. The standard InChI is InChI=1S/C15H24N2O2S/c1-12(11-18-3)17(2)8-9-19-14-6-4-13(5-7-14)10-15(16)20/h4-7,12H,8-11H2,1-3H3,(H2,16,20). The Kier molecular flexibility index (Phi) is 7.51. The Labute approximate surface area is 126 Å². The summed E-state index contributed by atoms with van der Waals surface area (Å²) in [6, 6.07) is 8.27. The monoisotopic (exact) mass is 296 g/mol. The minimum absolute atomic E-state index is 0.386. The van der Waals surface area contributed by atoms with Gasteiger partial charge in [0.25, 0.3) is 0 Å². The molecule has 1 unspecified atom stereocenters. The highest BCUT2D eigenvalue weighted by molar-refractivity contribution is 7.80. The van der Waals surface area contributed by atoms with Crippen LogP contribution >= 0.6 is 12.2 Å². The molecule has 0 aromatic heterocycles. The molecule has 0 bridgehead atoms. The summed E-state index contributed by atoms with van der Waals surface area (Å²) in [4.78, 5) is 2.72. The third kappa shape index (κ3) is 6.32. The second-order valence-corrected chi connectivity index (χ2v) is 5.44. The molecule has 1 aromatic carbocycles. The number of hydrogen-bond donors (Lipinski definition) is 1. The Morgan fingerprint density at radius 1 is 1.35 bits per heavy atom. The molecule has 0 heterocycles. The summed E-state index contributed by atoms with van der Waals surface area (Å²) in [6.45, 7) is 4.37. The van der Waals surface area contributed by atoms with E-state index in [0.717, 1.165) is 24.5 Å². The third-order valence-corrected chi connectivity index (χ3v) is 3.32. The summed E-state index contributed by atoms with van der Waals surface area (Å²) in [5.74, 6) is 0.865. The summed E-state index contributed by atoms with van der Waals surface area (Å²) in [6.07, 6.45) is 0.632. The predicted molar refractivity (Wildman–Crippen MR) is 86.4 cm³/mol. The molecule has 0 fully saturated rings. The van der Waals surface area contributed by atoms with Crippen molar-refractivity contribution in [2.24, 2.45) is 5.73 Å². The number of methoxy groups -OCH3 is 1. The van der Waals surface area contributed by atoms with Gasteiger partial charge in [-0.05, 0) is 31.7 Å². The first-order chi connectivity index (χ1) is 9.52. The van der Waals surface area contributed by atoms with Crippen molar-refractivity contribution in [3.8, 4) is 5.75 Å². The van der Waals surface area contributed by atoms with E-state index in [-0.39, 0.29) is 0 Å². The Morgan fingerprint density at radius 3 is 2.55 bits per heavy atom. The number of likely N-dealkylation sites (N-methyl/N-ethyl adjacent to an activating group) is 1. The lowest BCUT2D eigenvalue weighted by Gasteiger charge is -2.23. The Bertz CT molecular complexity index is 409. The molecule has 0 saturated heterocycles. The van der Waals surface area contributed by atoms with Gasteiger partial charge in [-0.3, -0.25) is 4.90 Å². The molecule has 1 rings (SSSR count). The van der Waals surface area contributed by atoms with Crippen molar-refractivity contribution in [3.63, 3.8) is 0 Å². The van der Waals surface area contributed by atoms with Gasteiger partial charge in [-0.2, -0.15) is 0 Å². The van der Waals surface area contributed by atoms with Crippen molar-refractivity contribution in [3.05, 3.63) is 29.8 Å².